The number of nitrogens with zero attached hydrogens (tertiary/aromatic N) is 2. The third-order valence-corrected chi connectivity index (χ3v) is 4.13. The molecule has 1 atom stereocenters. The Morgan fingerprint density at radius 1 is 1.16 bits per heavy atom. The molecule has 2 rings (SSSR count). The first kappa shape index (κ1) is 14.0. The first-order valence-corrected chi connectivity index (χ1v) is 7.72. The van der Waals surface area contributed by atoms with Crippen molar-refractivity contribution in [3.8, 4) is 0 Å². The molecule has 0 fully saturated rings. The Balaban J connectivity index is 2.00. The fourth-order valence-electron chi connectivity index (χ4n) is 1.99. The van der Waals surface area contributed by atoms with Crippen molar-refractivity contribution in [3.63, 3.8) is 0 Å². The van der Waals surface area contributed by atoms with Crippen LogP contribution in [0, 0.1) is 0 Å². The van der Waals surface area contributed by atoms with Gasteiger partial charge >= 0.3 is 0 Å². The summed E-state index contributed by atoms with van der Waals surface area (Å²) in [6, 6.07) is 9.09. The van der Waals surface area contributed by atoms with Gasteiger partial charge in [-0.1, -0.05) is 55.9 Å². The first-order chi connectivity index (χ1) is 9.22. The molecule has 0 saturated heterocycles. The summed E-state index contributed by atoms with van der Waals surface area (Å²) in [4.78, 5) is 0. The topological polar surface area (TPSA) is 37.8 Å². The fourth-order valence-corrected chi connectivity index (χ4v) is 2.75. The predicted molar refractivity (Wildman–Crippen MR) is 81.8 cm³/mol. The van der Waals surface area contributed by atoms with E-state index >= 15 is 0 Å². The Morgan fingerprint density at radius 2 is 1.89 bits per heavy atom. The molecule has 3 nitrogen and oxygen atoms in total. The zero-order chi connectivity index (χ0) is 13.7. The van der Waals surface area contributed by atoms with Gasteiger partial charge in [0.15, 0.2) is 0 Å². The van der Waals surface area contributed by atoms with E-state index in [1.54, 1.807) is 11.3 Å². The molecule has 19 heavy (non-hydrogen) atoms. The number of benzene rings is 1. The summed E-state index contributed by atoms with van der Waals surface area (Å²) in [5, 5.41) is 13.7. The Bertz CT molecular complexity index is 504. The Labute approximate surface area is 119 Å². The molecule has 1 aromatic carbocycles. The standard InChI is InChI=1S/C15H21N3S/c1-4-6-12-7-9-13(10-8-12)11(3)16-15-18-17-14(5-2)19-15/h7-11H,4-6H2,1-3H3,(H,16,18). The molecule has 102 valence electrons. The van der Waals surface area contributed by atoms with Crippen molar-refractivity contribution in [2.75, 3.05) is 5.32 Å². The molecule has 0 aliphatic carbocycles. The van der Waals surface area contributed by atoms with E-state index in [-0.39, 0.29) is 6.04 Å². The maximum absolute atomic E-state index is 4.16. The monoisotopic (exact) mass is 275 g/mol. The van der Waals surface area contributed by atoms with E-state index in [9.17, 15) is 0 Å². The number of hydrogen-bond acceptors (Lipinski definition) is 4. The lowest BCUT2D eigenvalue weighted by molar-refractivity contribution is 0.864. The van der Waals surface area contributed by atoms with E-state index < -0.39 is 0 Å². The van der Waals surface area contributed by atoms with Crippen LogP contribution in [0.15, 0.2) is 24.3 Å². The molecule has 1 unspecified atom stereocenters. The van der Waals surface area contributed by atoms with Gasteiger partial charge in [0.25, 0.3) is 0 Å². The largest absolute Gasteiger partial charge is 0.354 e. The number of aromatic nitrogens is 2. The fraction of sp³-hybridized carbons (Fsp3) is 0.467. The van der Waals surface area contributed by atoms with Crippen molar-refractivity contribution in [2.24, 2.45) is 0 Å². The van der Waals surface area contributed by atoms with Crippen molar-refractivity contribution >= 4 is 16.5 Å². The lowest BCUT2D eigenvalue weighted by Gasteiger charge is -2.13. The van der Waals surface area contributed by atoms with Crippen molar-refractivity contribution < 1.29 is 0 Å². The number of anilines is 1. The second-order valence-electron chi connectivity index (χ2n) is 4.71. The van der Waals surface area contributed by atoms with Crippen molar-refractivity contribution in [2.45, 2.75) is 46.1 Å². The maximum atomic E-state index is 4.16. The lowest BCUT2D eigenvalue weighted by atomic mass is 10.0. The van der Waals surface area contributed by atoms with Crippen molar-refractivity contribution in [1.82, 2.24) is 10.2 Å². The van der Waals surface area contributed by atoms with Gasteiger partial charge in [0.2, 0.25) is 5.13 Å². The molecule has 4 heteroatoms. The van der Waals surface area contributed by atoms with Crippen LogP contribution in [-0.2, 0) is 12.8 Å². The summed E-state index contributed by atoms with van der Waals surface area (Å²) in [5.74, 6) is 0. The van der Waals surface area contributed by atoms with Gasteiger partial charge in [-0.2, -0.15) is 0 Å². The third kappa shape index (κ3) is 3.77. The quantitative estimate of drug-likeness (QED) is 0.857. The normalized spacial score (nSPS) is 12.4. The van der Waals surface area contributed by atoms with Gasteiger partial charge in [0.05, 0.1) is 6.04 Å². The summed E-state index contributed by atoms with van der Waals surface area (Å²) in [6.07, 6.45) is 3.29. The lowest BCUT2D eigenvalue weighted by Crippen LogP contribution is -2.06. The highest BCUT2D eigenvalue weighted by atomic mass is 32.1. The molecular formula is C15H21N3S. The first-order valence-electron chi connectivity index (χ1n) is 6.90. The van der Waals surface area contributed by atoms with Crippen LogP contribution in [0.2, 0.25) is 0 Å². The Morgan fingerprint density at radius 3 is 2.47 bits per heavy atom. The smallest absolute Gasteiger partial charge is 0.206 e. The van der Waals surface area contributed by atoms with Gasteiger partial charge in [-0.25, -0.2) is 0 Å². The number of aryl methyl sites for hydroxylation is 2. The zero-order valence-corrected chi connectivity index (χ0v) is 12.6. The molecule has 0 radical (unpaired) electrons. The zero-order valence-electron chi connectivity index (χ0n) is 11.8. The van der Waals surface area contributed by atoms with Crippen LogP contribution in [0.3, 0.4) is 0 Å². The molecule has 0 aliphatic heterocycles. The molecule has 1 aromatic heterocycles. The van der Waals surface area contributed by atoms with Crippen LogP contribution in [0.5, 0.6) is 0 Å². The maximum Gasteiger partial charge on any atom is 0.206 e. The SMILES string of the molecule is CCCc1ccc(C(C)Nc2nnc(CC)s2)cc1. The van der Waals surface area contributed by atoms with Gasteiger partial charge in [0, 0.05) is 0 Å². The van der Waals surface area contributed by atoms with Crippen LogP contribution in [0.25, 0.3) is 0 Å². The van der Waals surface area contributed by atoms with Gasteiger partial charge in [-0.3, -0.25) is 0 Å². The summed E-state index contributed by atoms with van der Waals surface area (Å²) < 4.78 is 0. The highest BCUT2D eigenvalue weighted by Crippen LogP contribution is 2.22. The molecule has 0 saturated carbocycles. The third-order valence-electron chi connectivity index (χ3n) is 3.13. The molecule has 0 aliphatic rings. The van der Waals surface area contributed by atoms with Crippen molar-refractivity contribution in [3.05, 3.63) is 40.4 Å². The Kier molecular flexibility index (Phi) is 4.91. The second kappa shape index (κ2) is 6.66. The van der Waals surface area contributed by atoms with Gasteiger partial charge in [-0.05, 0) is 30.9 Å². The van der Waals surface area contributed by atoms with Gasteiger partial charge < -0.3 is 5.32 Å². The van der Waals surface area contributed by atoms with Gasteiger partial charge in [-0.15, -0.1) is 10.2 Å². The summed E-state index contributed by atoms with van der Waals surface area (Å²) in [5.41, 5.74) is 2.69. The van der Waals surface area contributed by atoms with Crippen LogP contribution < -0.4 is 5.32 Å². The van der Waals surface area contributed by atoms with Crippen molar-refractivity contribution in [1.29, 1.82) is 0 Å². The average molecular weight is 275 g/mol. The minimum atomic E-state index is 0.258. The Hall–Kier alpha value is -1.42. The van der Waals surface area contributed by atoms with E-state index in [0.29, 0.717) is 0 Å². The molecule has 0 bridgehead atoms. The minimum absolute atomic E-state index is 0.258. The van der Waals surface area contributed by atoms with Crippen LogP contribution >= 0.6 is 11.3 Å². The molecule has 2 aromatic rings. The minimum Gasteiger partial charge on any atom is -0.354 e. The predicted octanol–water partition coefficient (Wildman–Crippen LogP) is 4.23. The van der Waals surface area contributed by atoms with E-state index in [0.717, 1.165) is 23.0 Å². The van der Waals surface area contributed by atoms with Crippen LogP contribution in [-0.4, -0.2) is 10.2 Å². The molecule has 1 N–H and O–H groups in total. The van der Waals surface area contributed by atoms with E-state index in [4.69, 9.17) is 0 Å². The van der Waals surface area contributed by atoms with E-state index in [1.807, 2.05) is 0 Å². The molecular weight excluding hydrogens is 254 g/mol. The van der Waals surface area contributed by atoms with Crippen LogP contribution in [0.1, 0.15) is 49.4 Å². The van der Waals surface area contributed by atoms with Gasteiger partial charge in [0.1, 0.15) is 5.01 Å². The molecule has 1 heterocycles. The van der Waals surface area contributed by atoms with E-state index in [1.165, 1.54) is 17.5 Å². The number of nitrogens with one attached hydrogen (secondary N) is 1. The summed E-state index contributed by atoms with van der Waals surface area (Å²) in [6.45, 7) is 6.46. The number of rotatable bonds is 6. The molecule has 0 spiro atoms. The average Bonchev–Trinajstić information content (AvgIpc) is 2.87. The highest BCUT2D eigenvalue weighted by Gasteiger charge is 2.08. The summed E-state index contributed by atoms with van der Waals surface area (Å²) >= 11 is 1.63. The van der Waals surface area contributed by atoms with Crippen LogP contribution in [0.4, 0.5) is 5.13 Å². The molecule has 0 amide bonds. The van der Waals surface area contributed by atoms with E-state index in [2.05, 4.69) is 60.6 Å². The second-order valence-corrected chi connectivity index (χ2v) is 5.77. The summed E-state index contributed by atoms with van der Waals surface area (Å²) in [7, 11) is 0. The number of hydrogen-bond donors (Lipinski definition) is 1. The highest BCUT2D eigenvalue weighted by molar-refractivity contribution is 7.15.